The van der Waals surface area contributed by atoms with Crippen LogP contribution in [0, 0.1) is 0 Å². The van der Waals surface area contributed by atoms with Gasteiger partial charge in [0, 0.05) is 35.1 Å². The average molecular weight is 557 g/mol. The van der Waals surface area contributed by atoms with E-state index in [2.05, 4.69) is 10.3 Å². The second-order valence-electron chi connectivity index (χ2n) is 10.5. The third kappa shape index (κ3) is 4.03. The third-order valence-corrected chi connectivity index (χ3v) is 8.19. The van der Waals surface area contributed by atoms with Gasteiger partial charge < -0.3 is 15.0 Å². The van der Waals surface area contributed by atoms with Crippen molar-refractivity contribution in [1.82, 2.24) is 15.2 Å². The smallest absolute Gasteiger partial charge is 0.332 e. The topological polar surface area (TPSA) is 94.7 Å². The number of carbonyl (C=O) groups excluding carboxylic acids is 3. The number of hydrogen-bond acceptors (Lipinski definition) is 4. The van der Waals surface area contributed by atoms with Gasteiger partial charge in [-0.2, -0.15) is 0 Å². The largest absolute Gasteiger partial charge is 0.496 e. The maximum Gasteiger partial charge on any atom is 0.332 e. The number of aromatic amines is 1. The van der Waals surface area contributed by atoms with Crippen molar-refractivity contribution in [3.63, 3.8) is 0 Å². The quantitative estimate of drug-likeness (QED) is 0.267. The number of imide groups is 1. The van der Waals surface area contributed by atoms with E-state index in [0.717, 1.165) is 33.3 Å². The zero-order valence-corrected chi connectivity index (χ0v) is 22.9. The minimum atomic E-state index is -0.709. The van der Waals surface area contributed by atoms with Crippen molar-refractivity contribution in [2.45, 2.75) is 25.0 Å². The lowest BCUT2D eigenvalue weighted by Gasteiger charge is -2.36. The van der Waals surface area contributed by atoms with Gasteiger partial charge in [0.2, 0.25) is 0 Å². The summed E-state index contributed by atoms with van der Waals surface area (Å²) in [7, 11) is 1.58. The van der Waals surface area contributed by atoms with Crippen LogP contribution in [0.1, 0.15) is 38.8 Å². The number of nitrogens with one attached hydrogen (secondary N) is 2. The molecule has 2 atom stereocenters. The van der Waals surface area contributed by atoms with Gasteiger partial charge in [0.25, 0.3) is 11.8 Å². The predicted molar refractivity (Wildman–Crippen MR) is 159 cm³/mol. The molecule has 7 rings (SSSR count). The van der Waals surface area contributed by atoms with E-state index in [0.29, 0.717) is 12.2 Å². The van der Waals surface area contributed by atoms with E-state index >= 15 is 0 Å². The molecular formula is C34H28N4O4. The van der Waals surface area contributed by atoms with Crippen LogP contribution >= 0.6 is 0 Å². The van der Waals surface area contributed by atoms with Gasteiger partial charge in [0.05, 0.1) is 18.4 Å². The van der Waals surface area contributed by atoms with Crippen LogP contribution in [-0.2, 0) is 17.8 Å². The van der Waals surface area contributed by atoms with Crippen LogP contribution in [0.5, 0.6) is 5.75 Å². The minimum absolute atomic E-state index is 0.228. The Morgan fingerprint density at radius 2 is 1.62 bits per heavy atom. The molecule has 208 valence electrons. The minimum Gasteiger partial charge on any atom is -0.496 e. The summed E-state index contributed by atoms with van der Waals surface area (Å²) in [6.45, 7) is 0.228. The van der Waals surface area contributed by atoms with E-state index in [4.69, 9.17) is 4.74 Å². The number of benzene rings is 4. The van der Waals surface area contributed by atoms with Crippen LogP contribution in [0.4, 0.5) is 10.5 Å². The molecule has 2 aliphatic rings. The van der Waals surface area contributed by atoms with Crippen molar-refractivity contribution in [1.29, 1.82) is 0 Å². The summed E-state index contributed by atoms with van der Waals surface area (Å²) < 4.78 is 5.41. The maximum absolute atomic E-state index is 14.3. The number of hydrogen-bond donors (Lipinski definition) is 2. The molecule has 1 aromatic heterocycles. The van der Waals surface area contributed by atoms with Crippen molar-refractivity contribution in [2.24, 2.45) is 0 Å². The molecule has 5 aromatic rings. The summed E-state index contributed by atoms with van der Waals surface area (Å²) in [6, 6.07) is 30.3. The molecular weight excluding hydrogens is 528 g/mol. The summed E-state index contributed by atoms with van der Waals surface area (Å²) in [4.78, 5) is 48.3. The number of para-hydroxylation sites is 3. The zero-order chi connectivity index (χ0) is 28.8. The predicted octanol–water partition coefficient (Wildman–Crippen LogP) is 5.59. The first-order valence-electron chi connectivity index (χ1n) is 13.9. The van der Waals surface area contributed by atoms with E-state index in [1.165, 1.54) is 4.90 Å². The molecule has 0 radical (unpaired) electrons. The van der Waals surface area contributed by atoms with Crippen LogP contribution in [-0.4, -0.2) is 40.9 Å². The van der Waals surface area contributed by atoms with Crippen molar-refractivity contribution in [3.05, 3.63) is 131 Å². The van der Waals surface area contributed by atoms with Crippen molar-refractivity contribution in [2.75, 3.05) is 12.0 Å². The monoisotopic (exact) mass is 556 g/mol. The fraction of sp³-hybridized carbons (Fsp3) is 0.147. The summed E-state index contributed by atoms with van der Waals surface area (Å²) in [6.07, 6.45) is 0.381. The number of nitrogens with zero attached hydrogens (tertiary/aromatic N) is 2. The number of anilines is 1. The van der Waals surface area contributed by atoms with Gasteiger partial charge in [-0.25, -0.2) is 9.69 Å². The fourth-order valence-electron chi connectivity index (χ4n) is 6.26. The van der Waals surface area contributed by atoms with Gasteiger partial charge >= 0.3 is 6.03 Å². The number of aromatic nitrogens is 1. The first-order chi connectivity index (χ1) is 20.6. The summed E-state index contributed by atoms with van der Waals surface area (Å²) >= 11 is 0. The number of ether oxygens (including phenoxy) is 1. The Morgan fingerprint density at radius 3 is 2.45 bits per heavy atom. The van der Waals surface area contributed by atoms with Gasteiger partial charge in [0.1, 0.15) is 17.8 Å². The van der Waals surface area contributed by atoms with Crippen LogP contribution in [0.15, 0.2) is 103 Å². The Labute approximate surface area is 242 Å². The number of methoxy groups -OCH3 is 1. The van der Waals surface area contributed by atoms with E-state index in [9.17, 15) is 14.4 Å². The van der Waals surface area contributed by atoms with Gasteiger partial charge in [-0.05, 0) is 35.4 Å². The highest BCUT2D eigenvalue weighted by atomic mass is 16.5. The fourth-order valence-corrected chi connectivity index (χ4v) is 6.26. The van der Waals surface area contributed by atoms with Crippen LogP contribution in [0.3, 0.4) is 0 Å². The summed E-state index contributed by atoms with van der Waals surface area (Å²) in [5.74, 6) is -0.0739. The van der Waals surface area contributed by atoms with E-state index < -0.39 is 24.0 Å². The van der Waals surface area contributed by atoms with E-state index in [1.54, 1.807) is 36.3 Å². The second-order valence-corrected chi connectivity index (χ2v) is 10.5. The van der Waals surface area contributed by atoms with Gasteiger partial charge in [0.15, 0.2) is 0 Å². The van der Waals surface area contributed by atoms with Crippen LogP contribution in [0.2, 0.25) is 0 Å². The molecule has 2 aliphatic heterocycles. The van der Waals surface area contributed by atoms with Crippen molar-refractivity contribution < 1.29 is 19.1 Å². The van der Waals surface area contributed by atoms with Gasteiger partial charge in [-0.15, -0.1) is 0 Å². The van der Waals surface area contributed by atoms with Crippen molar-refractivity contribution >= 4 is 34.4 Å². The molecule has 0 aliphatic carbocycles. The Morgan fingerprint density at radius 1 is 0.905 bits per heavy atom. The molecule has 8 heteroatoms. The molecule has 3 heterocycles. The Hall–Kier alpha value is -5.37. The SMILES string of the molecule is COc1ccccc1CNC(=O)c1ccccc1N1C(=O)C2Cc3c([nH]c4ccccc34)C(c3ccccc3)N2C1=O. The number of urea groups is 1. The number of rotatable bonds is 6. The highest BCUT2D eigenvalue weighted by Gasteiger charge is 2.53. The summed E-state index contributed by atoms with van der Waals surface area (Å²) in [5, 5.41) is 3.97. The van der Waals surface area contributed by atoms with Crippen LogP contribution in [0.25, 0.3) is 10.9 Å². The van der Waals surface area contributed by atoms with Crippen molar-refractivity contribution in [3.8, 4) is 5.75 Å². The molecule has 4 aromatic carbocycles. The molecule has 0 saturated carbocycles. The lowest BCUT2D eigenvalue weighted by Crippen LogP contribution is -2.44. The number of fused-ring (bicyclic) bond motifs is 4. The summed E-state index contributed by atoms with van der Waals surface area (Å²) in [5.41, 5.74) is 5.14. The first-order valence-corrected chi connectivity index (χ1v) is 13.9. The number of carbonyl (C=O) groups is 3. The molecule has 4 amide bonds. The lowest BCUT2D eigenvalue weighted by molar-refractivity contribution is -0.120. The Balaban J connectivity index is 1.26. The van der Waals surface area contributed by atoms with E-state index in [1.807, 2.05) is 78.9 Å². The molecule has 2 unspecified atom stereocenters. The lowest BCUT2D eigenvalue weighted by atomic mass is 9.89. The molecule has 1 saturated heterocycles. The third-order valence-electron chi connectivity index (χ3n) is 8.19. The second kappa shape index (κ2) is 10.2. The Kier molecular flexibility index (Phi) is 6.23. The maximum atomic E-state index is 14.3. The molecule has 42 heavy (non-hydrogen) atoms. The average Bonchev–Trinajstić information content (AvgIpc) is 3.53. The van der Waals surface area contributed by atoms with Gasteiger partial charge in [-0.1, -0.05) is 78.9 Å². The molecule has 8 nitrogen and oxygen atoms in total. The highest BCUT2D eigenvalue weighted by molar-refractivity contribution is 6.24. The first kappa shape index (κ1) is 25.6. The van der Waals surface area contributed by atoms with E-state index in [-0.39, 0.29) is 23.7 Å². The van der Waals surface area contributed by atoms with Gasteiger partial charge in [-0.3, -0.25) is 14.5 Å². The van der Waals surface area contributed by atoms with Crippen LogP contribution < -0.4 is 15.0 Å². The molecule has 0 spiro atoms. The Bertz CT molecular complexity index is 1850. The standard InChI is InChI=1S/C34H28N4O4/c1-42-29-18-10-5-13-22(29)20-35-32(39)24-15-7-9-17-27(24)38-33(40)28-19-25-23-14-6-8-16-26(23)36-30(25)31(37(28)34(38)41)21-11-3-2-4-12-21/h2-18,28,31,36H,19-20H2,1H3,(H,35,39). The zero-order valence-electron chi connectivity index (χ0n) is 22.9. The highest BCUT2D eigenvalue weighted by Crippen LogP contribution is 2.45. The molecule has 1 fully saturated rings. The molecule has 0 bridgehead atoms. The number of H-pyrrole nitrogens is 1. The number of amides is 4. The molecule has 2 N–H and O–H groups in total. The normalized spacial score (nSPS) is 17.7.